The van der Waals surface area contributed by atoms with Gasteiger partial charge in [0.25, 0.3) is 10.0 Å². The van der Waals surface area contributed by atoms with Crippen molar-refractivity contribution in [1.82, 2.24) is 10.2 Å². The first-order chi connectivity index (χ1) is 15.4. The van der Waals surface area contributed by atoms with Gasteiger partial charge in [-0.15, -0.1) is 0 Å². The third-order valence-electron chi connectivity index (χ3n) is 6.04. The average molecular weight is 456 g/mol. The number of furan rings is 1. The van der Waals surface area contributed by atoms with Crippen LogP contribution in [0.2, 0.25) is 0 Å². The van der Waals surface area contributed by atoms with Crippen molar-refractivity contribution >= 4 is 32.4 Å². The minimum Gasteiger partial charge on any atom is -0.465 e. The first-order valence-electron chi connectivity index (χ1n) is 10.6. The summed E-state index contributed by atoms with van der Waals surface area (Å²) >= 11 is 0. The molecule has 0 saturated carbocycles. The van der Waals surface area contributed by atoms with Crippen molar-refractivity contribution in [3.05, 3.63) is 60.1 Å². The van der Waals surface area contributed by atoms with Crippen molar-refractivity contribution in [2.75, 3.05) is 43.7 Å². The van der Waals surface area contributed by atoms with Crippen LogP contribution in [-0.4, -0.2) is 58.6 Å². The van der Waals surface area contributed by atoms with E-state index in [0.29, 0.717) is 30.8 Å². The summed E-state index contributed by atoms with van der Waals surface area (Å²) < 4.78 is 38.7. The zero-order valence-electron chi connectivity index (χ0n) is 17.8. The molecule has 1 amide bonds. The maximum Gasteiger partial charge on any atom is 0.265 e. The molecule has 0 radical (unpaired) electrons. The number of amides is 1. The number of hydrogen-bond acceptors (Lipinski definition) is 6. The molecule has 2 aliphatic heterocycles. The molecular weight excluding hydrogens is 430 g/mol. The molecule has 1 N–H and O–H groups in total. The highest BCUT2D eigenvalue weighted by atomic mass is 32.2. The molecule has 0 spiro atoms. The van der Waals surface area contributed by atoms with Crippen molar-refractivity contribution in [3.63, 3.8) is 0 Å². The SMILES string of the molecule is Cc1ccc(C(CNC(=O)CN2c3cccc4cccc(c34)S2(=O)=O)N2CCOCC2)o1. The van der Waals surface area contributed by atoms with Crippen LogP contribution in [-0.2, 0) is 19.6 Å². The topological polar surface area (TPSA) is 92.1 Å². The van der Waals surface area contributed by atoms with Gasteiger partial charge in [0.15, 0.2) is 0 Å². The fourth-order valence-corrected chi connectivity index (χ4v) is 6.12. The first-order valence-corrected chi connectivity index (χ1v) is 12.1. The van der Waals surface area contributed by atoms with Crippen molar-refractivity contribution in [2.45, 2.75) is 17.9 Å². The summed E-state index contributed by atoms with van der Waals surface area (Å²) in [6.07, 6.45) is 0. The van der Waals surface area contributed by atoms with Crippen LogP contribution in [0.1, 0.15) is 17.6 Å². The Labute approximate surface area is 186 Å². The van der Waals surface area contributed by atoms with Gasteiger partial charge in [0.05, 0.1) is 29.8 Å². The number of benzene rings is 2. The molecule has 32 heavy (non-hydrogen) atoms. The van der Waals surface area contributed by atoms with Crippen LogP contribution in [0.3, 0.4) is 0 Å². The number of nitrogens with one attached hydrogen (secondary N) is 1. The van der Waals surface area contributed by atoms with Crippen LogP contribution < -0.4 is 9.62 Å². The lowest BCUT2D eigenvalue weighted by Gasteiger charge is -2.33. The number of nitrogens with zero attached hydrogens (tertiary/aromatic N) is 2. The molecule has 8 nitrogen and oxygen atoms in total. The predicted octanol–water partition coefficient (Wildman–Crippen LogP) is 2.44. The Morgan fingerprint density at radius 2 is 1.84 bits per heavy atom. The average Bonchev–Trinajstić information content (AvgIpc) is 3.31. The van der Waals surface area contributed by atoms with Crippen molar-refractivity contribution in [2.24, 2.45) is 0 Å². The summed E-state index contributed by atoms with van der Waals surface area (Å²) in [7, 11) is -3.77. The lowest BCUT2D eigenvalue weighted by atomic mass is 10.1. The molecule has 168 valence electrons. The molecule has 1 unspecified atom stereocenters. The van der Waals surface area contributed by atoms with Gasteiger partial charge in [0, 0.05) is 25.0 Å². The van der Waals surface area contributed by atoms with Gasteiger partial charge in [-0.25, -0.2) is 8.42 Å². The molecule has 0 bridgehead atoms. The quantitative estimate of drug-likeness (QED) is 0.614. The highest BCUT2D eigenvalue weighted by Crippen LogP contribution is 2.41. The van der Waals surface area contributed by atoms with Crippen LogP contribution in [0, 0.1) is 6.92 Å². The molecular formula is C23H25N3O5S. The molecule has 1 fully saturated rings. The van der Waals surface area contributed by atoms with Crippen LogP contribution in [0.15, 0.2) is 57.8 Å². The number of carbonyl (C=O) groups excluding carboxylic acids is 1. The minimum absolute atomic E-state index is 0.146. The summed E-state index contributed by atoms with van der Waals surface area (Å²) in [5.41, 5.74) is 0.541. The highest BCUT2D eigenvalue weighted by Gasteiger charge is 2.37. The van der Waals surface area contributed by atoms with Gasteiger partial charge >= 0.3 is 0 Å². The van der Waals surface area contributed by atoms with E-state index in [1.807, 2.05) is 31.2 Å². The largest absolute Gasteiger partial charge is 0.465 e. The molecule has 1 aromatic heterocycles. The predicted molar refractivity (Wildman–Crippen MR) is 120 cm³/mol. The lowest BCUT2D eigenvalue weighted by Crippen LogP contribution is -2.45. The van der Waals surface area contributed by atoms with E-state index in [-0.39, 0.29) is 23.4 Å². The second-order valence-corrected chi connectivity index (χ2v) is 9.89. The molecule has 9 heteroatoms. The van der Waals surface area contributed by atoms with E-state index in [1.54, 1.807) is 24.3 Å². The van der Waals surface area contributed by atoms with Crippen molar-refractivity contribution in [3.8, 4) is 0 Å². The van der Waals surface area contributed by atoms with Gasteiger partial charge in [0.1, 0.15) is 18.1 Å². The van der Waals surface area contributed by atoms with E-state index in [4.69, 9.17) is 9.15 Å². The highest BCUT2D eigenvalue weighted by molar-refractivity contribution is 7.93. The molecule has 0 aliphatic carbocycles. The molecule has 3 heterocycles. The fraction of sp³-hybridized carbons (Fsp3) is 0.348. The number of aryl methyl sites for hydroxylation is 1. The Kier molecular flexibility index (Phi) is 5.40. The molecule has 5 rings (SSSR count). The Balaban J connectivity index is 1.34. The number of carbonyl (C=O) groups is 1. The Morgan fingerprint density at radius 3 is 2.56 bits per heavy atom. The van der Waals surface area contributed by atoms with Crippen LogP contribution in [0.25, 0.3) is 10.8 Å². The number of sulfonamides is 1. The standard InChI is InChI=1S/C23H25N3O5S/c1-16-8-9-20(31-16)19(25-10-12-30-13-11-25)14-24-22(27)15-26-18-6-2-4-17-5-3-7-21(23(17)18)32(26,28)29/h2-9,19H,10-15H2,1H3,(H,24,27). The minimum atomic E-state index is -3.77. The normalized spacial score (nSPS) is 18.7. The first kappa shape index (κ1) is 21.0. The maximum absolute atomic E-state index is 13.1. The fourth-order valence-electron chi connectivity index (χ4n) is 4.46. The molecule has 1 atom stereocenters. The van der Waals surface area contributed by atoms with Gasteiger partial charge in [-0.1, -0.05) is 24.3 Å². The zero-order valence-corrected chi connectivity index (χ0v) is 18.6. The van der Waals surface area contributed by atoms with Crippen molar-refractivity contribution in [1.29, 1.82) is 0 Å². The summed E-state index contributed by atoms with van der Waals surface area (Å²) in [4.78, 5) is 15.3. The van der Waals surface area contributed by atoms with Gasteiger partial charge < -0.3 is 14.5 Å². The van der Waals surface area contributed by atoms with Gasteiger partial charge in [0.2, 0.25) is 5.91 Å². The monoisotopic (exact) mass is 455 g/mol. The van der Waals surface area contributed by atoms with Crippen LogP contribution in [0.4, 0.5) is 5.69 Å². The van der Waals surface area contributed by atoms with Crippen molar-refractivity contribution < 1.29 is 22.4 Å². The second kappa shape index (κ2) is 8.23. The lowest BCUT2D eigenvalue weighted by molar-refractivity contribution is -0.120. The number of morpholine rings is 1. The van der Waals surface area contributed by atoms with E-state index >= 15 is 0 Å². The molecule has 2 aliphatic rings. The molecule has 2 aromatic carbocycles. The third-order valence-corrected chi connectivity index (χ3v) is 7.84. The second-order valence-electron chi connectivity index (χ2n) is 8.06. The Bertz CT molecular complexity index is 1260. The summed E-state index contributed by atoms with van der Waals surface area (Å²) in [5, 5.41) is 4.43. The smallest absolute Gasteiger partial charge is 0.265 e. The summed E-state index contributed by atoms with van der Waals surface area (Å²) in [5.74, 6) is 1.22. The van der Waals surface area contributed by atoms with E-state index < -0.39 is 10.0 Å². The molecule has 3 aromatic rings. The van der Waals surface area contributed by atoms with Gasteiger partial charge in [-0.2, -0.15) is 0 Å². The number of rotatable bonds is 6. The number of anilines is 1. The number of ether oxygens (including phenoxy) is 1. The maximum atomic E-state index is 13.1. The molecule has 1 saturated heterocycles. The Hall–Kier alpha value is -2.88. The number of hydrogen-bond donors (Lipinski definition) is 1. The van der Waals surface area contributed by atoms with E-state index in [2.05, 4.69) is 10.2 Å². The third kappa shape index (κ3) is 3.66. The van der Waals surface area contributed by atoms with Crippen LogP contribution >= 0.6 is 0 Å². The zero-order chi connectivity index (χ0) is 22.3. The summed E-state index contributed by atoms with van der Waals surface area (Å²) in [6.45, 7) is 4.64. The van der Waals surface area contributed by atoms with E-state index in [9.17, 15) is 13.2 Å². The van der Waals surface area contributed by atoms with E-state index in [0.717, 1.165) is 30.0 Å². The Morgan fingerprint density at radius 1 is 1.09 bits per heavy atom. The van der Waals surface area contributed by atoms with Crippen LogP contribution in [0.5, 0.6) is 0 Å². The van der Waals surface area contributed by atoms with Gasteiger partial charge in [-0.05, 0) is 36.6 Å². The van der Waals surface area contributed by atoms with Gasteiger partial charge in [-0.3, -0.25) is 14.0 Å². The summed E-state index contributed by atoms with van der Waals surface area (Å²) in [6, 6.07) is 14.3. The van der Waals surface area contributed by atoms with E-state index in [1.165, 1.54) is 4.31 Å².